The van der Waals surface area contributed by atoms with E-state index in [9.17, 15) is 13.2 Å². The van der Waals surface area contributed by atoms with Crippen LogP contribution in [0, 0.1) is 11.8 Å². The SMILES string of the molecule is CCCCC1OC1(C#Cc1ccccc1)C(F)(F)F. The molecule has 1 aliphatic heterocycles. The number of hydrogen-bond donors (Lipinski definition) is 0. The fourth-order valence-electron chi connectivity index (χ4n) is 1.96. The first kappa shape index (κ1) is 14.0. The van der Waals surface area contributed by atoms with Gasteiger partial charge in [-0.2, -0.15) is 13.2 Å². The Morgan fingerprint density at radius 1 is 1.26 bits per heavy atom. The molecule has 102 valence electrons. The van der Waals surface area contributed by atoms with Gasteiger partial charge in [0.2, 0.25) is 0 Å². The second-order valence-corrected chi connectivity index (χ2v) is 4.60. The Kier molecular flexibility index (Phi) is 3.86. The minimum absolute atomic E-state index is 0.402. The molecule has 1 aliphatic rings. The number of ether oxygens (including phenoxy) is 1. The van der Waals surface area contributed by atoms with Crippen LogP contribution in [0.1, 0.15) is 31.7 Å². The highest BCUT2D eigenvalue weighted by Crippen LogP contribution is 2.51. The van der Waals surface area contributed by atoms with E-state index in [0.29, 0.717) is 12.0 Å². The molecule has 2 unspecified atom stereocenters. The number of alkyl halides is 3. The van der Waals surface area contributed by atoms with Gasteiger partial charge in [0, 0.05) is 5.56 Å². The monoisotopic (exact) mass is 268 g/mol. The first-order chi connectivity index (χ1) is 8.99. The van der Waals surface area contributed by atoms with E-state index in [2.05, 4.69) is 11.8 Å². The van der Waals surface area contributed by atoms with Gasteiger partial charge in [0.05, 0.1) is 0 Å². The van der Waals surface area contributed by atoms with Crippen LogP contribution in [0.25, 0.3) is 0 Å². The lowest BCUT2D eigenvalue weighted by atomic mass is 10.0. The van der Waals surface area contributed by atoms with Crippen molar-refractivity contribution in [3.05, 3.63) is 35.9 Å². The van der Waals surface area contributed by atoms with E-state index in [1.807, 2.05) is 6.92 Å². The first-order valence-electron chi connectivity index (χ1n) is 6.32. The summed E-state index contributed by atoms with van der Waals surface area (Å²) in [5.74, 6) is 4.85. The van der Waals surface area contributed by atoms with E-state index in [0.717, 1.165) is 12.8 Å². The highest BCUT2D eigenvalue weighted by atomic mass is 19.4. The third kappa shape index (κ3) is 2.93. The van der Waals surface area contributed by atoms with E-state index in [-0.39, 0.29) is 0 Å². The van der Waals surface area contributed by atoms with Crippen molar-refractivity contribution in [3.8, 4) is 11.8 Å². The van der Waals surface area contributed by atoms with E-state index >= 15 is 0 Å². The molecule has 0 aromatic heterocycles. The highest BCUT2D eigenvalue weighted by molar-refractivity contribution is 5.40. The van der Waals surface area contributed by atoms with Crippen molar-refractivity contribution in [3.63, 3.8) is 0 Å². The number of benzene rings is 1. The normalized spacial score (nSPS) is 25.6. The molecule has 0 amide bonds. The van der Waals surface area contributed by atoms with Crippen LogP contribution in [0.3, 0.4) is 0 Å². The first-order valence-corrected chi connectivity index (χ1v) is 6.32. The van der Waals surface area contributed by atoms with Gasteiger partial charge in [0.25, 0.3) is 5.60 Å². The minimum Gasteiger partial charge on any atom is -0.344 e. The summed E-state index contributed by atoms with van der Waals surface area (Å²) in [7, 11) is 0. The number of rotatable bonds is 3. The van der Waals surface area contributed by atoms with Gasteiger partial charge < -0.3 is 4.74 Å². The van der Waals surface area contributed by atoms with Gasteiger partial charge in [0.1, 0.15) is 6.10 Å². The fraction of sp³-hybridized carbons (Fsp3) is 0.467. The number of hydrogen-bond acceptors (Lipinski definition) is 1. The zero-order valence-electron chi connectivity index (χ0n) is 10.6. The highest BCUT2D eigenvalue weighted by Gasteiger charge is 2.72. The Hall–Kier alpha value is -1.47. The van der Waals surface area contributed by atoms with Gasteiger partial charge in [-0.1, -0.05) is 49.8 Å². The molecule has 1 aromatic rings. The van der Waals surface area contributed by atoms with Crippen LogP contribution in [-0.4, -0.2) is 17.9 Å². The van der Waals surface area contributed by atoms with Crippen molar-refractivity contribution >= 4 is 0 Å². The summed E-state index contributed by atoms with van der Waals surface area (Å²) in [6, 6.07) is 8.64. The smallest absolute Gasteiger partial charge is 0.344 e. The second kappa shape index (κ2) is 5.26. The largest absolute Gasteiger partial charge is 0.431 e. The Balaban J connectivity index is 2.17. The lowest BCUT2D eigenvalue weighted by molar-refractivity contribution is -0.167. The fourth-order valence-corrected chi connectivity index (χ4v) is 1.96. The van der Waals surface area contributed by atoms with Crippen LogP contribution in [0.15, 0.2) is 30.3 Å². The van der Waals surface area contributed by atoms with Crippen LogP contribution < -0.4 is 0 Å². The Morgan fingerprint density at radius 2 is 1.95 bits per heavy atom. The quantitative estimate of drug-likeness (QED) is 0.597. The molecule has 1 nitrogen and oxygen atoms in total. The van der Waals surface area contributed by atoms with Crippen molar-refractivity contribution in [2.45, 2.75) is 44.1 Å². The molecule has 1 saturated heterocycles. The van der Waals surface area contributed by atoms with Gasteiger partial charge in [-0.15, -0.1) is 0 Å². The average Bonchev–Trinajstić information content (AvgIpc) is 3.10. The molecule has 1 fully saturated rings. The maximum atomic E-state index is 13.0. The van der Waals surface area contributed by atoms with Crippen molar-refractivity contribution in [2.24, 2.45) is 0 Å². The minimum atomic E-state index is -4.44. The number of unbranched alkanes of at least 4 members (excludes halogenated alkanes) is 1. The molecule has 0 spiro atoms. The Bertz CT molecular complexity index is 484. The van der Waals surface area contributed by atoms with Crippen LogP contribution in [0.4, 0.5) is 13.2 Å². The van der Waals surface area contributed by atoms with Gasteiger partial charge in [-0.05, 0) is 18.6 Å². The molecule has 19 heavy (non-hydrogen) atoms. The molecule has 2 atom stereocenters. The van der Waals surface area contributed by atoms with E-state index in [1.165, 1.54) is 0 Å². The van der Waals surface area contributed by atoms with E-state index in [1.54, 1.807) is 30.3 Å². The molecular formula is C15H15F3O. The molecule has 2 rings (SSSR count). The molecule has 0 bridgehead atoms. The predicted molar refractivity (Wildman–Crippen MR) is 66.5 cm³/mol. The van der Waals surface area contributed by atoms with Gasteiger partial charge in [-0.3, -0.25) is 0 Å². The second-order valence-electron chi connectivity index (χ2n) is 4.60. The third-order valence-corrected chi connectivity index (χ3v) is 3.13. The zero-order chi connectivity index (χ0) is 13.9. The van der Waals surface area contributed by atoms with E-state index in [4.69, 9.17) is 4.74 Å². The molecule has 1 aromatic carbocycles. The topological polar surface area (TPSA) is 12.5 Å². The average molecular weight is 268 g/mol. The molecular weight excluding hydrogens is 253 g/mol. The lowest BCUT2D eigenvalue weighted by Gasteiger charge is -2.10. The van der Waals surface area contributed by atoms with E-state index < -0.39 is 17.9 Å². The van der Waals surface area contributed by atoms with Gasteiger partial charge in [-0.25, -0.2) is 0 Å². The van der Waals surface area contributed by atoms with Crippen LogP contribution in [-0.2, 0) is 4.74 Å². The number of epoxide rings is 1. The van der Waals surface area contributed by atoms with Crippen molar-refractivity contribution in [2.75, 3.05) is 0 Å². The zero-order valence-corrected chi connectivity index (χ0v) is 10.6. The van der Waals surface area contributed by atoms with Gasteiger partial charge in [0.15, 0.2) is 0 Å². The summed E-state index contributed by atoms with van der Waals surface area (Å²) in [4.78, 5) is 0. The third-order valence-electron chi connectivity index (χ3n) is 3.13. The summed E-state index contributed by atoms with van der Waals surface area (Å²) >= 11 is 0. The predicted octanol–water partition coefficient (Wildman–Crippen LogP) is 3.93. The Labute approximate surface area is 110 Å². The number of halogens is 3. The van der Waals surface area contributed by atoms with Crippen molar-refractivity contribution in [1.29, 1.82) is 0 Å². The summed E-state index contributed by atoms with van der Waals surface area (Å²) < 4.78 is 44.0. The van der Waals surface area contributed by atoms with Crippen LogP contribution in [0.5, 0.6) is 0 Å². The van der Waals surface area contributed by atoms with Crippen LogP contribution in [0.2, 0.25) is 0 Å². The molecule has 4 heteroatoms. The summed E-state index contributed by atoms with van der Waals surface area (Å²) in [5.41, 5.74) is -1.69. The summed E-state index contributed by atoms with van der Waals surface area (Å²) in [6.45, 7) is 1.94. The van der Waals surface area contributed by atoms with Crippen molar-refractivity contribution in [1.82, 2.24) is 0 Å². The molecule has 0 saturated carbocycles. The summed E-state index contributed by atoms with van der Waals surface area (Å²) in [6.07, 6.45) is -3.29. The molecule has 1 heterocycles. The molecule has 0 radical (unpaired) electrons. The summed E-state index contributed by atoms with van der Waals surface area (Å²) in [5, 5.41) is 0. The lowest BCUT2D eigenvalue weighted by Crippen LogP contribution is -2.33. The maximum absolute atomic E-state index is 13.0. The van der Waals surface area contributed by atoms with Gasteiger partial charge >= 0.3 is 6.18 Å². The Morgan fingerprint density at radius 3 is 2.53 bits per heavy atom. The standard InChI is InChI=1S/C15H15F3O/c1-2-3-9-13-14(19-13,15(16,17)18)11-10-12-7-5-4-6-8-12/h4-8,13H,2-3,9H2,1H3. The van der Waals surface area contributed by atoms with Crippen LogP contribution >= 0.6 is 0 Å². The van der Waals surface area contributed by atoms with Crippen molar-refractivity contribution < 1.29 is 17.9 Å². The maximum Gasteiger partial charge on any atom is 0.431 e. The molecule has 0 aliphatic carbocycles. The molecule has 0 N–H and O–H groups in total.